The molecule has 9 heavy (non-hydrogen) atoms. The number of nitrogens with two attached hydrogens (primary N) is 1. The Kier molecular flexibility index (Phi) is 2.25. The monoisotopic (exact) mass is 126 g/mol. The Labute approximate surface area is 56.1 Å². The van der Waals surface area contributed by atoms with Gasteiger partial charge in [0, 0.05) is 13.1 Å². The molecule has 1 saturated heterocycles. The largest absolute Gasteiger partial charge is 0.327 e. The van der Waals surface area contributed by atoms with Gasteiger partial charge in [0.25, 0.3) is 0 Å². The van der Waals surface area contributed by atoms with Crippen LogP contribution in [-0.4, -0.2) is 19.6 Å². The lowest BCUT2D eigenvalue weighted by molar-refractivity contribution is 0.670. The molecule has 0 aromatic carbocycles. The molecule has 2 nitrogen and oxygen atoms in total. The molecule has 0 amide bonds. The van der Waals surface area contributed by atoms with Crippen molar-refractivity contribution in [3.63, 3.8) is 0 Å². The number of nitrogens with one attached hydrogen (secondary N) is 1. The third-order valence-corrected chi connectivity index (χ3v) is 1.90. The summed E-state index contributed by atoms with van der Waals surface area (Å²) in [5.74, 6) is 0.648. The molecule has 1 atom stereocenters. The van der Waals surface area contributed by atoms with Gasteiger partial charge in [0.15, 0.2) is 0 Å². The predicted molar refractivity (Wildman–Crippen MR) is 39.2 cm³/mol. The lowest BCUT2D eigenvalue weighted by Gasteiger charge is -2.08. The third-order valence-electron chi connectivity index (χ3n) is 1.90. The van der Waals surface area contributed by atoms with Crippen LogP contribution in [0.3, 0.4) is 0 Å². The van der Waals surface area contributed by atoms with E-state index in [0.29, 0.717) is 12.5 Å². The first-order valence-corrected chi connectivity index (χ1v) is 3.43. The minimum absolute atomic E-state index is 0.645. The number of hydrogen-bond donors (Lipinski definition) is 2. The maximum absolute atomic E-state index is 5.42. The summed E-state index contributed by atoms with van der Waals surface area (Å²) in [4.78, 5) is 0. The maximum atomic E-state index is 5.42. The Bertz CT molecular complexity index is 103. The van der Waals surface area contributed by atoms with Crippen molar-refractivity contribution in [2.45, 2.75) is 6.42 Å². The van der Waals surface area contributed by atoms with Gasteiger partial charge in [0.05, 0.1) is 0 Å². The predicted octanol–water partition coefficient (Wildman–Crippen LogP) is 0.111. The summed E-state index contributed by atoms with van der Waals surface area (Å²) in [7, 11) is 0. The normalized spacial score (nSPS) is 26.6. The topological polar surface area (TPSA) is 38.0 Å². The van der Waals surface area contributed by atoms with Crippen LogP contribution in [0.25, 0.3) is 0 Å². The van der Waals surface area contributed by atoms with E-state index >= 15 is 0 Å². The smallest absolute Gasteiger partial charge is 0.0137 e. The summed E-state index contributed by atoms with van der Waals surface area (Å²) in [6.45, 7) is 6.74. The molecular weight excluding hydrogens is 112 g/mol. The van der Waals surface area contributed by atoms with Gasteiger partial charge >= 0.3 is 0 Å². The van der Waals surface area contributed by atoms with Gasteiger partial charge in [0.2, 0.25) is 0 Å². The van der Waals surface area contributed by atoms with Crippen LogP contribution in [0.5, 0.6) is 0 Å². The Morgan fingerprint density at radius 1 is 1.78 bits per heavy atom. The van der Waals surface area contributed by atoms with E-state index in [9.17, 15) is 0 Å². The van der Waals surface area contributed by atoms with Crippen LogP contribution < -0.4 is 11.1 Å². The minimum Gasteiger partial charge on any atom is -0.327 e. The van der Waals surface area contributed by atoms with E-state index in [-0.39, 0.29) is 0 Å². The summed E-state index contributed by atoms with van der Waals surface area (Å²) >= 11 is 0. The molecule has 52 valence electrons. The zero-order chi connectivity index (χ0) is 6.69. The molecule has 0 spiro atoms. The number of rotatable bonds is 2. The van der Waals surface area contributed by atoms with Gasteiger partial charge in [0.1, 0.15) is 0 Å². The van der Waals surface area contributed by atoms with Crippen molar-refractivity contribution in [2.24, 2.45) is 11.7 Å². The molecule has 0 aromatic rings. The first kappa shape index (κ1) is 6.78. The van der Waals surface area contributed by atoms with Gasteiger partial charge in [-0.2, -0.15) is 0 Å². The molecule has 3 N–H and O–H groups in total. The Morgan fingerprint density at radius 2 is 2.56 bits per heavy atom. The molecular formula is C7H14N2. The molecule has 0 bridgehead atoms. The van der Waals surface area contributed by atoms with Gasteiger partial charge in [-0.3, -0.25) is 0 Å². The van der Waals surface area contributed by atoms with E-state index < -0.39 is 0 Å². The number of hydrogen-bond acceptors (Lipinski definition) is 2. The summed E-state index contributed by atoms with van der Waals surface area (Å²) in [6, 6.07) is 0. The molecule has 1 fully saturated rings. The summed E-state index contributed by atoms with van der Waals surface area (Å²) < 4.78 is 0. The first-order valence-electron chi connectivity index (χ1n) is 3.43. The quantitative estimate of drug-likeness (QED) is 0.515. The fraction of sp³-hybridized carbons (Fsp3) is 0.714. The molecule has 1 heterocycles. The van der Waals surface area contributed by atoms with Crippen molar-refractivity contribution in [3.05, 3.63) is 12.2 Å². The lowest BCUT2D eigenvalue weighted by atomic mass is 10.0. The van der Waals surface area contributed by atoms with E-state index in [1.807, 2.05) is 0 Å². The van der Waals surface area contributed by atoms with E-state index in [1.165, 1.54) is 12.0 Å². The SMILES string of the molecule is C=C(CN)C1CCNC1. The van der Waals surface area contributed by atoms with Crippen LogP contribution in [0.2, 0.25) is 0 Å². The molecule has 0 radical (unpaired) electrons. The molecule has 1 unspecified atom stereocenters. The third kappa shape index (κ3) is 1.53. The zero-order valence-corrected chi connectivity index (χ0v) is 5.69. The van der Waals surface area contributed by atoms with Crippen LogP contribution in [-0.2, 0) is 0 Å². The van der Waals surface area contributed by atoms with Gasteiger partial charge in [-0.1, -0.05) is 12.2 Å². The molecule has 1 aliphatic heterocycles. The van der Waals surface area contributed by atoms with Crippen LogP contribution in [0.4, 0.5) is 0 Å². The van der Waals surface area contributed by atoms with E-state index in [2.05, 4.69) is 11.9 Å². The van der Waals surface area contributed by atoms with Gasteiger partial charge in [-0.15, -0.1) is 0 Å². The minimum atomic E-state index is 0.645. The van der Waals surface area contributed by atoms with Gasteiger partial charge in [-0.25, -0.2) is 0 Å². The fourth-order valence-electron chi connectivity index (χ4n) is 1.17. The van der Waals surface area contributed by atoms with Crippen molar-refractivity contribution in [1.29, 1.82) is 0 Å². The second-order valence-corrected chi connectivity index (χ2v) is 2.55. The van der Waals surface area contributed by atoms with E-state index in [1.54, 1.807) is 0 Å². The van der Waals surface area contributed by atoms with Crippen molar-refractivity contribution in [2.75, 3.05) is 19.6 Å². The van der Waals surface area contributed by atoms with Crippen molar-refractivity contribution in [1.82, 2.24) is 5.32 Å². The lowest BCUT2D eigenvalue weighted by Crippen LogP contribution is -2.15. The van der Waals surface area contributed by atoms with Gasteiger partial charge in [-0.05, 0) is 18.9 Å². The molecule has 0 saturated carbocycles. The van der Waals surface area contributed by atoms with Gasteiger partial charge < -0.3 is 11.1 Å². The van der Waals surface area contributed by atoms with E-state index in [0.717, 1.165) is 13.1 Å². The van der Waals surface area contributed by atoms with Crippen molar-refractivity contribution >= 4 is 0 Å². The Balaban J connectivity index is 2.32. The molecule has 1 rings (SSSR count). The Hall–Kier alpha value is -0.340. The average molecular weight is 126 g/mol. The molecule has 1 aliphatic rings. The summed E-state index contributed by atoms with van der Waals surface area (Å²) in [5, 5.41) is 3.27. The van der Waals surface area contributed by atoms with Crippen LogP contribution in [0, 0.1) is 5.92 Å². The summed E-state index contributed by atoms with van der Waals surface area (Å²) in [6.07, 6.45) is 1.22. The summed E-state index contributed by atoms with van der Waals surface area (Å²) in [5.41, 5.74) is 6.62. The van der Waals surface area contributed by atoms with Crippen LogP contribution in [0.15, 0.2) is 12.2 Å². The highest BCUT2D eigenvalue weighted by atomic mass is 14.9. The first-order chi connectivity index (χ1) is 4.34. The second kappa shape index (κ2) is 2.99. The highest BCUT2D eigenvalue weighted by Crippen LogP contribution is 2.14. The molecule has 0 aliphatic carbocycles. The second-order valence-electron chi connectivity index (χ2n) is 2.55. The Morgan fingerprint density at radius 3 is 3.00 bits per heavy atom. The standard InChI is InChI=1S/C7H14N2/c1-6(4-8)7-2-3-9-5-7/h7,9H,1-5,8H2. The van der Waals surface area contributed by atoms with Crippen LogP contribution >= 0.6 is 0 Å². The average Bonchev–Trinajstić information content (AvgIpc) is 2.37. The van der Waals surface area contributed by atoms with Crippen molar-refractivity contribution in [3.8, 4) is 0 Å². The molecule has 2 heteroatoms. The van der Waals surface area contributed by atoms with Crippen molar-refractivity contribution < 1.29 is 0 Å². The molecule has 0 aromatic heterocycles. The fourth-order valence-corrected chi connectivity index (χ4v) is 1.17. The maximum Gasteiger partial charge on any atom is 0.0137 e. The van der Waals surface area contributed by atoms with E-state index in [4.69, 9.17) is 5.73 Å². The zero-order valence-electron chi connectivity index (χ0n) is 5.69. The van der Waals surface area contributed by atoms with Crippen LogP contribution in [0.1, 0.15) is 6.42 Å². The highest BCUT2D eigenvalue weighted by molar-refractivity contribution is 5.04. The highest BCUT2D eigenvalue weighted by Gasteiger charge is 2.15.